The van der Waals surface area contributed by atoms with Gasteiger partial charge in [0.1, 0.15) is 17.0 Å². The van der Waals surface area contributed by atoms with Crippen LogP contribution in [-0.4, -0.2) is 33.0 Å². The van der Waals surface area contributed by atoms with E-state index in [4.69, 9.17) is 4.74 Å². The lowest BCUT2D eigenvalue weighted by Crippen LogP contribution is -2.07. The van der Waals surface area contributed by atoms with Crippen molar-refractivity contribution in [3.63, 3.8) is 0 Å². The van der Waals surface area contributed by atoms with Crippen molar-refractivity contribution in [2.75, 3.05) is 12.4 Å². The van der Waals surface area contributed by atoms with E-state index in [1.807, 2.05) is 48.5 Å². The Hall–Kier alpha value is -3.52. The third kappa shape index (κ3) is 4.07. The van der Waals surface area contributed by atoms with Gasteiger partial charge in [-0.25, -0.2) is 9.67 Å². The van der Waals surface area contributed by atoms with Crippen LogP contribution in [0.2, 0.25) is 0 Å². The highest BCUT2D eigenvalue weighted by molar-refractivity contribution is 7.22. The summed E-state index contributed by atoms with van der Waals surface area (Å²) in [5.74, 6) is 0.399. The number of aromatic nitrogens is 4. The van der Waals surface area contributed by atoms with Crippen LogP contribution in [0.1, 0.15) is 11.3 Å². The summed E-state index contributed by atoms with van der Waals surface area (Å²) in [4.78, 5) is 16.6. The maximum absolute atomic E-state index is 12.2. The predicted octanol–water partition coefficient (Wildman–Crippen LogP) is 3.60. The number of carbonyl (C=O) groups excluding carboxylic acids is 1. The number of amides is 1. The van der Waals surface area contributed by atoms with Crippen LogP contribution in [0.3, 0.4) is 0 Å². The van der Waals surface area contributed by atoms with Crippen LogP contribution in [0.4, 0.5) is 5.13 Å². The number of thiazole rings is 1. The summed E-state index contributed by atoms with van der Waals surface area (Å²) < 4.78 is 7.97. The Bertz CT molecular complexity index is 1130. The number of hydrogen-bond acceptors (Lipinski definition) is 6. The first-order valence-corrected chi connectivity index (χ1v) is 9.39. The zero-order chi connectivity index (χ0) is 19.3. The van der Waals surface area contributed by atoms with Crippen molar-refractivity contribution in [3.8, 4) is 5.75 Å². The van der Waals surface area contributed by atoms with E-state index in [0.29, 0.717) is 23.1 Å². The Labute approximate surface area is 165 Å². The molecule has 0 bridgehead atoms. The Kier molecular flexibility index (Phi) is 5.11. The topological polar surface area (TPSA) is 81.9 Å². The van der Waals surface area contributed by atoms with Crippen molar-refractivity contribution in [1.82, 2.24) is 20.0 Å². The van der Waals surface area contributed by atoms with Crippen LogP contribution < -0.4 is 10.1 Å². The van der Waals surface area contributed by atoms with Crippen LogP contribution in [0.15, 0.2) is 60.8 Å². The Morgan fingerprint density at radius 2 is 2.07 bits per heavy atom. The molecule has 1 N–H and O–H groups in total. The number of rotatable bonds is 6. The molecule has 0 unspecified atom stereocenters. The lowest BCUT2D eigenvalue weighted by molar-refractivity contribution is -0.111. The van der Waals surface area contributed by atoms with Gasteiger partial charge in [-0.3, -0.25) is 10.1 Å². The van der Waals surface area contributed by atoms with Crippen molar-refractivity contribution in [2.45, 2.75) is 6.54 Å². The lowest BCUT2D eigenvalue weighted by Gasteiger charge is -1.99. The molecular formula is C20H17N5O2S. The van der Waals surface area contributed by atoms with Gasteiger partial charge in [0, 0.05) is 6.08 Å². The molecule has 7 nitrogen and oxygen atoms in total. The second-order valence-electron chi connectivity index (χ2n) is 5.98. The molecule has 4 rings (SSSR count). The molecule has 1 amide bonds. The third-order valence-corrected chi connectivity index (χ3v) is 4.92. The van der Waals surface area contributed by atoms with Gasteiger partial charge in [0.15, 0.2) is 5.13 Å². The van der Waals surface area contributed by atoms with Gasteiger partial charge in [-0.15, -0.1) is 5.10 Å². The molecule has 0 fully saturated rings. The Balaban J connectivity index is 1.40. The fourth-order valence-corrected chi connectivity index (χ4v) is 3.57. The zero-order valence-corrected chi connectivity index (χ0v) is 15.9. The maximum Gasteiger partial charge on any atom is 0.250 e. The molecule has 0 saturated carbocycles. The van der Waals surface area contributed by atoms with E-state index in [9.17, 15) is 4.79 Å². The van der Waals surface area contributed by atoms with Crippen LogP contribution in [0.5, 0.6) is 5.75 Å². The molecule has 0 aliphatic heterocycles. The summed E-state index contributed by atoms with van der Waals surface area (Å²) in [6.07, 6.45) is 4.83. The standard InChI is InChI=1S/C20H17N5O2S/c1-27-16-8-5-9-17-19(16)22-20(28-17)21-18(26)11-10-15-13-25(24-23-15)12-14-6-3-2-4-7-14/h2-11,13H,12H2,1H3,(H,21,22,26)/b11-10+. The first kappa shape index (κ1) is 17.9. The number of nitrogens with zero attached hydrogens (tertiary/aromatic N) is 4. The first-order valence-electron chi connectivity index (χ1n) is 8.58. The molecule has 0 spiro atoms. The monoisotopic (exact) mass is 391 g/mol. The number of para-hydroxylation sites is 1. The van der Waals surface area contributed by atoms with Crippen LogP contribution >= 0.6 is 11.3 Å². The minimum atomic E-state index is -0.282. The van der Waals surface area contributed by atoms with Crippen molar-refractivity contribution in [3.05, 3.63) is 72.1 Å². The molecular weight excluding hydrogens is 374 g/mol. The molecule has 2 heterocycles. The van der Waals surface area contributed by atoms with Gasteiger partial charge in [0.25, 0.3) is 0 Å². The molecule has 2 aromatic carbocycles. The Morgan fingerprint density at radius 1 is 1.21 bits per heavy atom. The van der Waals surface area contributed by atoms with E-state index in [1.165, 1.54) is 17.4 Å². The molecule has 140 valence electrons. The number of carbonyl (C=O) groups is 1. The van der Waals surface area contributed by atoms with Crippen LogP contribution in [0.25, 0.3) is 16.3 Å². The van der Waals surface area contributed by atoms with E-state index >= 15 is 0 Å². The van der Waals surface area contributed by atoms with Crippen molar-refractivity contribution >= 4 is 38.7 Å². The Morgan fingerprint density at radius 3 is 2.89 bits per heavy atom. The summed E-state index contributed by atoms with van der Waals surface area (Å²) in [7, 11) is 1.60. The van der Waals surface area contributed by atoms with Crippen LogP contribution in [0, 0.1) is 0 Å². The maximum atomic E-state index is 12.2. The van der Waals surface area contributed by atoms with Gasteiger partial charge >= 0.3 is 0 Å². The van der Waals surface area contributed by atoms with Crippen LogP contribution in [-0.2, 0) is 11.3 Å². The highest BCUT2D eigenvalue weighted by Gasteiger charge is 2.09. The van der Waals surface area contributed by atoms with E-state index in [2.05, 4.69) is 20.6 Å². The minimum Gasteiger partial charge on any atom is -0.494 e. The number of hydrogen-bond donors (Lipinski definition) is 1. The molecule has 4 aromatic rings. The number of methoxy groups -OCH3 is 1. The number of anilines is 1. The number of fused-ring (bicyclic) bond motifs is 1. The molecule has 0 aliphatic carbocycles. The summed E-state index contributed by atoms with van der Waals surface area (Å²) >= 11 is 1.39. The van der Waals surface area contributed by atoms with Gasteiger partial charge < -0.3 is 4.74 Å². The van der Waals surface area contributed by atoms with E-state index in [1.54, 1.807) is 24.1 Å². The first-order chi connectivity index (χ1) is 13.7. The largest absolute Gasteiger partial charge is 0.494 e. The van der Waals surface area contributed by atoms with Gasteiger partial charge in [0.05, 0.1) is 24.6 Å². The average molecular weight is 391 g/mol. The zero-order valence-electron chi connectivity index (χ0n) is 15.1. The fourth-order valence-electron chi connectivity index (χ4n) is 2.69. The van der Waals surface area contributed by atoms with Gasteiger partial charge in [0.2, 0.25) is 5.91 Å². The lowest BCUT2D eigenvalue weighted by atomic mass is 10.2. The second kappa shape index (κ2) is 8.01. The van der Waals surface area contributed by atoms with Gasteiger partial charge in [-0.1, -0.05) is 52.9 Å². The van der Waals surface area contributed by atoms with Crippen molar-refractivity contribution in [1.29, 1.82) is 0 Å². The van der Waals surface area contributed by atoms with Gasteiger partial charge in [-0.05, 0) is 23.8 Å². The quantitative estimate of drug-likeness (QED) is 0.508. The normalized spacial score (nSPS) is 11.2. The fraction of sp³-hybridized carbons (Fsp3) is 0.100. The van der Waals surface area contributed by atoms with Crippen molar-refractivity contribution in [2.24, 2.45) is 0 Å². The molecule has 0 aliphatic rings. The summed E-state index contributed by atoms with van der Waals surface area (Å²) in [6, 6.07) is 15.7. The van der Waals surface area contributed by atoms with E-state index < -0.39 is 0 Å². The van der Waals surface area contributed by atoms with Gasteiger partial charge in [-0.2, -0.15) is 0 Å². The molecule has 8 heteroatoms. The molecule has 0 atom stereocenters. The number of ether oxygens (including phenoxy) is 1. The van der Waals surface area contributed by atoms with E-state index in [0.717, 1.165) is 15.8 Å². The molecule has 2 aromatic heterocycles. The second-order valence-corrected chi connectivity index (χ2v) is 7.01. The summed E-state index contributed by atoms with van der Waals surface area (Å²) in [6.45, 7) is 0.626. The highest BCUT2D eigenvalue weighted by atomic mass is 32.1. The molecule has 0 saturated heterocycles. The summed E-state index contributed by atoms with van der Waals surface area (Å²) in [5.41, 5.74) is 2.47. The third-order valence-electron chi connectivity index (χ3n) is 3.98. The number of benzene rings is 2. The molecule has 0 radical (unpaired) electrons. The average Bonchev–Trinajstić information content (AvgIpc) is 3.33. The predicted molar refractivity (Wildman–Crippen MR) is 109 cm³/mol. The van der Waals surface area contributed by atoms with Crippen molar-refractivity contribution < 1.29 is 9.53 Å². The summed E-state index contributed by atoms with van der Waals surface area (Å²) in [5, 5.41) is 11.4. The minimum absolute atomic E-state index is 0.282. The number of nitrogens with one attached hydrogen (secondary N) is 1. The SMILES string of the molecule is COc1cccc2sc(NC(=O)/C=C/c3cn(Cc4ccccc4)nn3)nc12. The van der Waals surface area contributed by atoms with E-state index in [-0.39, 0.29) is 5.91 Å². The molecule has 28 heavy (non-hydrogen) atoms. The highest BCUT2D eigenvalue weighted by Crippen LogP contribution is 2.31. The smallest absolute Gasteiger partial charge is 0.250 e.